The molecule has 2 amide bonds. The number of aliphatic imine (C=N–C) groups is 1. The first-order valence-corrected chi connectivity index (χ1v) is 7.32. The molecule has 2 aromatic rings. The van der Waals surface area contributed by atoms with Crippen molar-refractivity contribution in [3.8, 4) is 11.5 Å². The van der Waals surface area contributed by atoms with Crippen LogP contribution < -0.4 is 5.32 Å². The van der Waals surface area contributed by atoms with Gasteiger partial charge in [-0.05, 0) is 43.2 Å². The van der Waals surface area contributed by atoms with Crippen LogP contribution in [0.3, 0.4) is 0 Å². The quantitative estimate of drug-likeness (QED) is 0.924. The number of amides is 2. The Bertz CT molecular complexity index is 905. The minimum Gasteiger partial charge on any atom is -0.334 e. The van der Waals surface area contributed by atoms with Crippen LogP contribution >= 0.6 is 0 Å². The molecule has 1 atom stereocenters. The Labute approximate surface area is 132 Å². The Kier molecular flexibility index (Phi) is 2.97. The van der Waals surface area contributed by atoms with E-state index in [-0.39, 0.29) is 11.9 Å². The van der Waals surface area contributed by atoms with Gasteiger partial charge in [0.05, 0.1) is 11.4 Å². The highest BCUT2D eigenvalue weighted by molar-refractivity contribution is 6.19. The van der Waals surface area contributed by atoms with E-state index >= 15 is 0 Å². The van der Waals surface area contributed by atoms with Gasteiger partial charge in [-0.25, -0.2) is 4.79 Å². The van der Waals surface area contributed by atoms with Gasteiger partial charge in [-0.15, -0.1) is 0 Å². The van der Waals surface area contributed by atoms with E-state index in [1.807, 2.05) is 37.3 Å². The third-order valence-electron chi connectivity index (χ3n) is 4.04. The van der Waals surface area contributed by atoms with E-state index in [4.69, 9.17) is 4.52 Å². The number of hydrogen-bond donors (Lipinski definition) is 1. The summed E-state index contributed by atoms with van der Waals surface area (Å²) in [6, 6.07) is 5.69. The molecule has 0 bridgehead atoms. The molecule has 0 radical (unpaired) electrons. The van der Waals surface area contributed by atoms with Crippen molar-refractivity contribution in [3.05, 3.63) is 59.1 Å². The Morgan fingerprint density at radius 1 is 1.26 bits per heavy atom. The first kappa shape index (κ1) is 13.6. The Hall–Kier alpha value is -3.02. The molecule has 2 heterocycles. The number of aryl methyl sites for hydroxylation is 1. The zero-order valence-corrected chi connectivity index (χ0v) is 12.7. The monoisotopic (exact) mass is 306 g/mol. The SMILES string of the molecule is Cc1noc(-c2cccc(C3C=CC4=NC(=O)NC4=C3)c2C)n1. The summed E-state index contributed by atoms with van der Waals surface area (Å²) in [4.78, 5) is 19.6. The standard InChI is InChI=1S/C17H14N4O2/c1-9-12(4-3-5-13(9)16-18-10(2)21-23-16)11-6-7-14-15(8-11)20-17(22)19-14/h3-8,11H,1-2H3,(H,20,22). The summed E-state index contributed by atoms with van der Waals surface area (Å²) in [5.74, 6) is 1.19. The van der Waals surface area contributed by atoms with Gasteiger partial charge in [0.1, 0.15) is 0 Å². The summed E-state index contributed by atoms with van der Waals surface area (Å²) < 4.78 is 5.29. The zero-order valence-electron chi connectivity index (χ0n) is 12.7. The number of benzene rings is 1. The maximum Gasteiger partial charge on any atom is 0.346 e. The number of carbonyl (C=O) groups excluding carboxylic acids is 1. The van der Waals surface area contributed by atoms with Gasteiger partial charge in [0.2, 0.25) is 0 Å². The molecule has 2 aliphatic rings. The molecule has 1 aromatic carbocycles. The number of nitrogens with one attached hydrogen (secondary N) is 1. The zero-order chi connectivity index (χ0) is 16.0. The first-order chi connectivity index (χ1) is 11.1. The van der Waals surface area contributed by atoms with Crippen LogP contribution in [-0.2, 0) is 0 Å². The van der Waals surface area contributed by atoms with Crippen LogP contribution in [0.1, 0.15) is 22.9 Å². The summed E-state index contributed by atoms with van der Waals surface area (Å²) in [6.07, 6.45) is 5.92. The number of hydrogen-bond acceptors (Lipinski definition) is 4. The molecule has 0 spiro atoms. The van der Waals surface area contributed by atoms with Gasteiger partial charge < -0.3 is 9.84 Å². The topological polar surface area (TPSA) is 80.4 Å². The molecule has 0 saturated heterocycles. The third-order valence-corrected chi connectivity index (χ3v) is 4.04. The molecule has 1 unspecified atom stereocenters. The van der Waals surface area contributed by atoms with E-state index in [0.29, 0.717) is 17.4 Å². The molecule has 6 nitrogen and oxygen atoms in total. The third kappa shape index (κ3) is 2.28. The maximum atomic E-state index is 11.4. The lowest BCUT2D eigenvalue weighted by Gasteiger charge is -2.17. The highest BCUT2D eigenvalue weighted by atomic mass is 16.5. The predicted molar refractivity (Wildman–Crippen MR) is 85.1 cm³/mol. The number of fused-ring (bicyclic) bond motifs is 1. The van der Waals surface area contributed by atoms with Gasteiger partial charge in [0, 0.05) is 11.5 Å². The molecule has 0 saturated carbocycles. The second kappa shape index (κ2) is 5.01. The number of rotatable bonds is 2. The lowest BCUT2D eigenvalue weighted by Crippen LogP contribution is -2.17. The van der Waals surface area contributed by atoms with Crippen molar-refractivity contribution in [2.75, 3.05) is 0 Å². The van der Waals surface area contributed by atoms with Crippen molar-refractivity contribution in [1.29, 1.82) is 0 Å². The van der Waals surface area contributed by atoms with Crippen molar-refractivity contribution in [2.45, 2.75) is 19.8 Å². The maximum absolute atomic E-state index is 11.4. The number of carbonyl (C=O) groups is 1. The summed E-state index contributed by atoms with van der Waals surface area (Å²) in [6.45, 7) is 3.83. The van der Waals surface area contributed by atoms with Crippen molar-refractivity contribution in [2.24, 2.45) is 4.99 Å². The molecular weight excluding hydrogens is 292 g/mol. The smallest absolute Gasteiger partial charge is 0.334 e. The fourth-order valence-corrected chi connectivity index (χ4v) is 2.91. The molecule has 1 aliphatic carbocycles. The lowest BCUT2D eigenvalue weighted by molar-refractivity contribution is 0.253. The molecule has 114 valence electrons. The molecule has 6 heteroatoms. The van der Waals surface area contributed by atoms with Gasteiger partial charge in [-0.1, -0.05) is 23.4 Å². The minimum atomic E-state index is -0.316. The highest BCUT2D eigenvalue weighted by Crippen LogP contribution is 2.32. The Balaban J connectivity index is 1.75. The number of allylic oxidation sites excluding steroid dienone is 3. The van der Waals surface area contributed by atoms with E-state index < -0.39 is 0 Å². The van der Waals surface area contributed by atoms with Gasteiger partial charge in [0.25, 0.3) is 5.89 Å². The summed E-state index contributed by atoms with van der Waals surface area (Å²) >= 11 is 0. The van der Waals surface area contributed by atoms with E-state index in [9.17, 15) is 4.79 Å². The number of aromatic nitrogens is 2. The summed E-state index contributed by atoms with van der Waals surface area (Å²) in [5, 5.41) is 6.60. The van der Waals surface area contributed by atoms with Crippen molar-refractivity contribution < 1.29 is 9.32 Å². The van der Waals surface area contributed by atoms with Crippen molar-refractivity contribution in [3.63, 3.8) is 0 Å². The average molecular weight is 306 g/mol. The average Bonchev–Trinajstić information content (AvgIpc) is 3.11. The molecule has 4 rings (SSSR count). The minimum absolute atomic E-state index is 0.0614. The van der Waals surface area contributed by atoms with Gasteiger partial charge >= 0.3 is 6.03 Å². The predicted octanol–water partition coefficient (Wildman–Crippen LogP) is 3.05. The second-order valence-electron chi connectivity index (χ2n) is 5.56. The molecule has 1 aliphatic heterocycles. The normalized spacial score (nSPS) is 19.2. The fourth-order valence-electron chi connectivity index (χ4n) is 2.91. The summed E-state index contributed by atoms with van der Waals surface area (Å²) in [7, 11) is 0. The van der Waals surface area contributed by atoms with E-state index in [1.165, 1.54) is 0 Å². The van der Waals surface area contributed by atoms with Crippen molar-refractivity contribution >= 4 is 11.7 Å². The van der Waals surface area contributed by atoms with Gasteiger partial charge in [0.15, 0.2) is 5.82 Å². The van der Waals surface area contributed by atoms with Crippen LogP contribution in [-0.4, -0.2) is 21.9 Å². The lowest BCUT2D eigenvalue weighted by atomic mass is 9.88. The van der Waals surface area contributed by atoms with E-state index in [2.05, 4.69) is 26.5 Å². The van der Waals surface area contributed by atoms with Crippen molar-refractivity contribution in [1.82, 2.24) is 15.5 Å². The first-order valence-electron chi connectivity index (χ1n) is 7.32. The van der Waals surface area contributed by atoms with Crippen LogP contribution in [0.25, 0.3) is 11.5 Å². The van der Waals surface area contributed by atoms with E-state index in [1.54, 1.807) is 6.92 Å². The number of nitrogens with zero attached hydrogens (tertiary/aromatic N) is 3. The molecule has 1 aromatic heterocycles. The van der Waals surface area contributed by atoms with Crippen LogP contribution in [0.15, 0.2) is 51.6 Å². The Morgan fingerprint density at radius 3 is 2.91 bits per heavy atom. The Morgan fingerprint density at radius 2 is 2.13 bits per heavy atom. The van der Waals surface area contributed by atoms with E-state index in [0.717, 1.165) is 22.4 Å². The molecule has 1 N–H and O–H groups in total. The van der Waals surface area contributed by atoms with Crippen LogP contribution in [0, 0.1) is 13.8 Å². The van der Waals surface area contributed by atoms with Crippen LogP contribution in [0.4, 0.5) is 4.79 Å². The molecular formula is C17H14N4O2. The second-order valence-corrected chi connectivity index (χ2v) is 5.56. The molecule has 0 fully saturated rings. The van der Waals surface area contributed by atoms with Crippen LogP contribution in [0.5, 0.6) is 0 Å². The molecule has 23 heavy (non-hydrogen) atoms. The number of urea groups is 1. The highest BCUT2D eigenvalue weighted by Gasteiger charge is 2.24. The fraction of sp³-hybridized carbons (Fsp3) is 0.176. The van der Waals surface area contributed by atoms with Crippen LogP contribution in [0.2, 0.25) is 0 Å². The summed E-state index contributed by atoms with van der Waals surface area (Å²) in [5.41, 5.74) is 4.58. The van der Waals surface area contributed by atoms with Gasteiger partial charge in [-0.3, -0.25) is 0 Å². The van der Waals surface area contributed by atoms with Gasteiger partial charge in [-0.2, -0.15) is 9.98 Å². The largest absolute Gasteiger partial charge is 0.346 e.